The van der Waals surface area contributed by atoms with Crippen LogP contribution >= 0.6 is 0 Å². The van der Waals surface area contributed by atoms with Gasteiger partial charge in [0.25, 0.3) is 0 Å². The minimum absolute atomic E-state index is 0.0832. The monoisotopic (exact) mass is 184 g/mol. The highest BCUT2D eigenvalue weighted by Gasteiger charge is 2.25. The lowest BCUT2D eigenvalue weighted by Crippen LogP contribution is -2.45. The van der Waals surface area contributed by atoms with Gasteiger partial charge in [-0.2, -0.15) is 0 Å². The van der Waals surface area contributed by atoms with E-state index in [2.05, 4.69) is 31.1 Å². The number of rotatable bonds is 2. The first-order valence-electron chi connectivity index (χ1n) is 4.95. The van der Waals surface area contributed by atoms with E-state index in [4.69, 9.17) is 0 Å². The van der Waals surface area contributed by atoms with Gasteiger partial charge in [0.2, 0.25) is 0 Å². The Kier molecular flexibility index (Phi) is 3.31. The zero-order valence-corrected chi connectivity index (χ0v) is 8.80. The predicted molar refractivity (Wildman–Crippen MR) is 55.0 cm³/mol. The summed E-state index contributed by atoms with van der Waals surface area (Å²) in [7, 11) is 0. The molecule has 0 aromatic rings. The Balaban J connectivity index is 2.48. The molecule has 0 bridgehead atoms. The van der Waals surface area contributed by atoms with Gasteiger partial charge in [-0.05, 0) is 11.8 Å². The molecule has 1 rings (SSSR count). The van der Waals surface area contributed by atoms with Crippen LogP contribution in [-0.4, -0.2) is 30.1 Å². The molecule has 2 N–H and O–H groups in total. The molecule has 0 aromatic carbocycles. The minimum Gasteiger partial charge on any atom is -0.394 e. The largest absolute Gasteiger partial charge is 0.394 e. The third-order valence-corrected chi connectivity index (χ3v) is 2.44. The van der Waals surface area contributed by atoms with Crippen molar-refractivity contribution in [2.75, 3.05) is 13.2 Å². The van der Waals surface area contributed by atoms with E-state index in [1.165, 1.54) is 0 Å². The average Bonchev–Trinajstić information content (AvgIpc) is 2.49. The molecule has 1 aliphatic rings. The standard InChI is InChI=1S/C10H20N2O/c1-10(2,3)8(7-13)12-9-5-4-6-11-9/h8,13H,4-7H2,1-3H3,(H,11,12). The van der Waals surface area contributed by atoms with Crippen molar-refractivity contribution in [3.63, 3.8) is 0 Å². The van der Waals surface area contributed by atoms with Crippen molar-refractivity contribution >= 4 is 5.84 Å². The summed E-state index contributed by atoms with van der Waals surface area (Å²) >= 11 is 0. The Morgan fingerprint density at radius 3 is 2.62 bits per heavy atom. The number of nitrogens with one attached hydrogen (secondary N) is 1. The van der Waals surface area contributed by atoms with E-state index in [0.717, 1.165) is 25.2 Å². The van der Waals surface area contributed by atoms with Crippen LogP contribution in [0.2, 0.25) is 0 Å². The first-order chi connectivity index (χ1) is 6.04. The van der Waals surface area contributed by atoms with Crippen LogP contribution in [0.4, 0.5) is 0 Å². The molecule has 0 radical (unpaired) electrons. The lowest BCUT2D eigenvalue weighted by atomic mass is 9.87. The smallest absolute Gasteiger partial charge is 0.0966 e. The van der Waals surface area contributed by atoms with Gasteiger partial charge < -0.3 is 10.4 Å². The van der Waals surface area contributed by atoms with Crippen LogP contribution < -0.4 is 5.32 Å². The van der Waals surface area contributed by atoms with Crippen molar-refractivity contribution in [2.45, 2.75) is 39.7 Å². The quantitative estimate of drug-likeness (QED) is 0.676. The Labute approximate surface area is 80.3 Å². The van der Waals surface area contributed by atoms with Gasteiger partial charge in [-0.15, -0.1) is 0 Å². The molecule has 1 aliphatic heterocycles. The van der Waals surface area contributed by atoms with Crippen LogP contribution in [0.1, 0.15) is 33.6 Å². The van der Waals surface area contributed by atoms with Crippen molar-refractivity contribution < 1.29 is 5.11 Å². The Hall–Kier alpha value is -0.570. The number of aliphatic hydroxyl groups excluding tert-OH is 1. The van der Waals surface area contributed by atoms with Crippen LogP contribution in [0.25, 0.3) is 0 Å². The zero-order chi connectivity index (χ0) is 9.90. The SMILES string of the molecule is CC(C)(C)C(CO)NC1=NCCC1. The number of hydrogen-bond acceptors (Lipinski definition) is 3. The second kappa shape index (κ2) is 4.09. The first kappa shape index (κ1) is 10.5. The summed E-state index contributed by atoms with van der Waals surface area (Å²) in [6.07, 6.45) is 2.18. The van der Waals surface area contributed by atoms with Crippen molar-refractivity contribution in [3.8, 4) is 0 Å². The van der Waals surface area contributed by atoms with Crippen LogP contribution in [0.5, 0.6) is 0 Å². The number of aliphatic hydroxyl groups is 1. The second-order valence-corrected chi connectivity index (χ2v) is 4.68. The molecular formula is C10H20N2O. The van der Waals surface area contributed by atoms with Gasteiger partial charge in [-0.1, -0.05) is 20.8 Å². The fourth-order valence-electron chi connectivity index (χ4n) is 1.39. The normalized spacial score (nSPS) is 19.8. The summed E-state index contributed by atoms with van der Waals surface area (Å²) in [6, 6.07) is 0.115. The maximum atomic E-state index is 9.20. The maximum Gasteiger partial charge on any atom is 0.0966 e. The summed E-state index contributed by atoms with van der Waals surface area (Å²) in [5, 5.41) is 12.5. The topological polar surface area (TPSA) is 44.6 Å². The van der Waals surface area contributed by atoms with E-state index in [1.807, 2.05) is 0 Å². The highest BCUT2D eigenvalue weighted by Crippen LogP contribution is 2.19. The molecule has 0 aromatic heterocycles. The summed E-state index contributed by atoms with van der Waals surface area (Å²) in [4.78, 5) is 4.33. The number of nitrogens with zero attached hydrogens (tertiary/aromatic N) is 1. The van der Waals surface area contributed by atoms with Crippen molar-refractivity contribution in [3.05, 3.63) is 0 Å². The van der Waals surface area contributed by atoms with Crippen LogP contribution in [0.15, 0.2) is 4.99 Å². The highest BCUT2D eigenvalue weighted by atomic mass is 16.3. The third-order valence-electron chi connectivity index (χ3n) is 2.44. The lowest BCUT2D eigenvalue weighted by Gasteiger charge is -2.30. The molecular weight excluding hydrogens is 164 g/mol. The van der Waals surface area contributed by atoms with Crippen LogP contribution in [-0.2, 0) is 0 Å². The summed E-state index contributed by atoms with van der Waals surface area (Å²) < 4.78 is 0. The summed E-state index contributed by atoms with van der Waals surface area (Å²) in [5.41, 5.74) is 0.0832. The van der Waals surface area contributed by atoms with E-state index in [9.17, 15) is 5.11 Å². The Bertz CT molecular complexity index is 194. The molecule has 76 valence electrons. The molecule has 1 atom stereocenters. The molecule has 0 spiro atoms. The molecule has 0 saturated carbocycles. The number of hydrogen-bond donors (Lipinski definition) is 2. The third kappa shape index (κ3) is 2.99. The molecule has 1 heterocycles. The van der Waals surface area contributed by atoms with Gasteiger partial charge in [0.15, 0.2) is 0 Å². The fraction of sp³-hybridized carbons (Fsp3) is 0.900. The molecule has 0 fully saturated rings. The van der Waals surface area contributed by atoms with E-state index in [0.29, 0.717) is 0 Å². The van der Waals surface area contributed by atoms with Crippen molar-refractivity contribution in [1.29, 1.82) is 0 Å². The van der Waals surface area contributed by atoms with E-state index in [1.54, 1.807) is 0 Å². The molecule has 3 heteroatoms. The molecule has 0 amide bonds. The molecule has 0 saturated heterocycles. The molecule has 13 heavy (non-hydrogen) atoms. The van der Waals surface area contributed by atoms with Gasteiger partial charge in [-0.25, -0.2) is 0 Å². The average molecular weight is 184 g/mol. The number of amidine groups is 1. The fourth-order valence-corrected chi connectivity index (χ4v) is 1.39. The van der Waals surface area contributed by atoms with E-state index < -0.39 is 0 Å². The molecule has 3 nitrogen and oxygen atoms in total. The molecule has 0 aliphatic carbocycles. The highest BCUT2D eigenvalue weighted by molar-refractivity contribution is 5.83. The van der Waals surface area contributed by atoms with Gasteiger partial charge in [0.1, 0.15) is 0 Å². The van der Waals surface area contributed by atoms with Crippen molar-refractivity contribution in [1.82, 2.24) is 5.32 Å². The van der Waals surface area contributed by atoms with E-state index in [-0.39, 0.29) is 18.1 Å². The molecule has 1 unspecified atom stereocenters. The summed E-state index contributed by atoms with van der Waals surface area (Å²) in [5.74, 6) is 1.06. The Morgan fingerprint density at radius 2 is 2.23 bits per heavy atom. The lowest BCUT2D eigenvalue weighted by molar-refractivity contribution is 0.174. The van der Waals surface area contributed by atoms with Gasteiger partial charge in [-0.3, -0.25) is 4.99 Å². The Morgan fingerprint density at radius 1 is 1.54 bits per heavy atom. The van der Waals surface area contributed by atoms with Gasteiger partial charge in [0, 0.05) is 13.0 Å². The van der Waals surface area contributed by atoms with Gasteiger partial charge >= 0.3 is 0 Å². The second-order valence-electron chi connectivity index (χ2n) is 4.68. The number of aliphatic imine (C=N–C) groups is 1. The van der Waals surface area contributed by atoms with Crippen LogP contribution in [0.3, 0.4) is 0 Å². The predicted octanol–water partition coefficient (Wildman–Crippen LogP) is 1.18. The summed E-state index contributed by atoms with van der Waals surface area (Å²) in [6.45, 7) is 7.47. The minimum atomic E-state index is 0.0832. The van der Waals surface area contributed by atoms with Gasteiger partial charge in [0.05, 0.1) is 18.5 Å². The maximum absolute atomic E-state index is 9.20. The van der Waals surface area contributed by atoms with E-state index >= 15 is 0 Å². The first-order valence-corrected chi connectivity index (χ1v) is 4.95. The van der Waals surface area contributed by atoms with Crippen LogP contribution in [0, 0.1) is 5.41 Å². The van der Waals surface area contributed by atoms with Crippen molar-refractivity contribution in [2.24, 2.45) is 10.4 Å². The zero-order valence-electron chi connectivity index (χ0n) is 8.80.